The van der Waals surface area contributed by atoms with Gasteiger partial charge in [0.05, 0.1) is 4.90 Å². The molecule has 0 radical (unpaired) electrons. The lowest BCUT2D eigenvalue weighted by atomic mass is 10.1. The van der Waals surface area contributed by atoms with E-state index in [2.05, 4.69) is 9.93 Å². The third-order valence-electron chi connectivity index (χ3n) is 2.71. The number of hydrogen-bond acceptors (Lipinski definition) is 3. The first kappa shape index (κ1) is 14.3. The van der Waals surface area contributed by atoms with E-state index < -0.39 is 10.0 Å². The SMILES string of the molecule is CC(Cc1ccccc1)=NNS(=O)(=O)c1ccccc1. The summed E-state index contributed by atoms with van der Waals surface area (Å²) in [5.74, 6) is 0. The van der Waals surface area contributed by atoms with Gasteiger partial charge in [-0.1, -0.05) is 48.5 Å². The van der Waals surface area contributed by atoms with Gasteiger partial charge < -0.3 is 0 Å². The van der Waals surface area contributed by atoms with Gasteiger partial charge in [0.15, 0.2) is 0 Å². The van der Waals surface area contributed by atoms with Gasteiger partial charge in [-0.25, -0.2) is 4.83 Å². The van der Waals surface area contributed by atoms with E-state index in [0.717, 1.165) is 5.56 Å². The minimum Gasteiger partial charge on any atom is -0.200 e. The third-order valence-corrected chi connectivity index (χ3v) is 3.94. The quantitative estimate of drug-likeness (QED) is 0.679. The molecule has 2 rings (SSSR count). The molecule has 0 aliphatic heterocycles. The molecule has 5 heteroatoms. The molecule has 0 saturated heterocycles. The molecular weight excluding hydrogens is 272 g/mol. The number of hydrazone groups is 1. The summed E-state index contributed by atoms with van der Waals surface area (Å²) < 4.78 is 23.9. The Hall–Kier alpha value is -2.14. The highest BCUT2D eigenvalue weighted by molar-refractivity contribution is 7.89. The highest BCUT2D eigenvalue weighted by atomic mass is 32.2. The maximum Gasteiger partial charge on any atom is 0.276 e. The Morgan fingerprint density at radius 3 is 2.15 bits per heavy atom. The smallest absolute Gasteiger partial charge is 0.200 e. The molecule has 0 aliphatic carbocycles. The van der Waals surface area contributed by atoms with Crippen LogP contribution in [0.15, 0.2) is 70.7 Å². The van der Waals surface area contributed by atoms with Crippen LogP contribution in [0.25, 0.3) is 0 Å². The molecule has 2 aromatic carbocycles. The van der Waals surface area contributed by atoms with Crippen molar-refractivity contribution in [3.05, 3.63) is 66.2 Å². The van der Waals surface area contributed by atoms with Crippen molar-refractivity contribution in [1.29, 1.82) is 0 Å². The van der Waals surface area contributed by atoms with E-state index >= 15 is 0 Å². The lowest BCUT2D eigenvalue weighted by Gasteiger charge is -2.05. The third kappa shape index (κ3) is 3.93. The zero-order valence-corrected chi connectivity index (χ0v) is 12.0. The van der Waals surface area contributed by atoms with Crippen molar-refractivity contribution >= 4 is 15.7 Å². The molecule has 0 aliphatic rings. The van der Waals surface area contributed by atoms with Crippen molar-refractivity contribution in [1.82, 2.24) is 4.83 Å². The van der Waals surface area contributed by atoms with E-state index in [0.29, 0.717) is 12.1 Å². The Balaban J connectivity index is 2.05. The van der Waals surface area contributed by atoms with Crippen molar-refractivity contribution in [3.8, 4) is 0 Å². The predicted molar refractivity (Wildman–Crippen MR) is 80.0 cm³/mol. The molecule has 0 fully saturated rings. The Bertz CT molecular complexity index is 680. The fourth-order valence-electron chi connectivity index (χ4n) is 1.72. The first-order valence-corrected chi connectivity index (χ1v) is 7.70. The molecule has 2 aromatic rings. The number of benzene rings is 2. The average Bonchev–Trinajstić information content (AvgIpc) is 2.47. The minimum absolute atomic E-state index is 0.205. The van der Waals surface area contributed by atoms with Gasteiger partial charge in [-0.3, -0.25) is 0 Å². The van der Waals surface area contributed by atoms with E-state index in [4.69, 9.17) is 0 Å². The second kappa shape index (κ2) is 6.34. The van der Waals surface area contributed by atoms with Crippen LogP contribution in [0, 0.1) is 0 Å². The van der Waals surface area contributed by atoms with Crippen LogP contribution >= 0.6 is 0 Å². The van der Waals surface area contributed by atoms with Gasteiger partial charge in [0.2, 0.25) is 0 Å². The van der Waals surface area contributed by atoms with Crippen molar-refractivity contribution in [2.24, 2.45) is 5.10 Å². The summed E-state index contributed by atoms with van der Waals surface area (Å²) in [4.78, 5) is 2.46. The highest BCUT2D eigenvalue weighted by Crippen LogP contribution is 2.07. The van der Waals surface area contributed by atoms with E-state index in [1.54, 1.807) is 25.1 Å². The van der Waals surface area contributed by atoms with Crippen LogP contribution in [-0.4, -0.2) is 14.1 Å². The van der Waals surface area contributed by atoms with Crippen LogP contribution in [0.2, 0.25) is 0 Å². The normalized spacial score (nSPS) is 12.2. The predicted octanol–water partition coefficient (Wildman–Crippen LogP) is 2.58. The van der Waals surface area contributed by atoms with Crippen LogP contribution in [0.4, 0.5) is 0 Å². The van der Waals surface area contributed by atoms with Crippen molar-refractivity contribution in [3.63, 3.8) is 0 Å². The van der Waals surface area contributed by atoms with Crippen LogP contribution in [0.1, 0.15) is 12.5 Å². The van der Waals surface area contributed by atoms with E-state index in [9.17, 15) is 8.42 Å². The average molecular weight is 288 g/mol. The van der Waals surface area contributed by atoms with E-state index in [1.165, 1.54) is 12.1 Å². The number of nitrogens with zero attached hydrogens (tertiary/aromatic N) is 1. The van der Waals surface area contributed by atoms with Crippen LogP contribution in [0.3, 0.4) is 0 Å². The van der Waals surface area contributed by atoms with Crippen LogP contribution in [0.5, 0.6) is 0 Å². The highest BCUT2D eigenvalue weighted by Gasteiger charge is 2.11. The monoisotopic (exact) mass is 288 g/mol. The zero-order chi connectivity index (χ0) is 14.4. The minimum atomic E-state index is -3.59. The standard InChI is InChI=1S/C15H16N2O2S/c1-13(12-14-8-4-2-5-9-14)16-17-20(18,19)15-10-6-3-7-11-15/h2-11,17H,12H2,1H3. The summed E-state index contributed by atoms with van der Waals surface area (Å²) in [6.45, 7) is 1.79. The van der Waals surface area contributed by atoms with Gasteiger partial charge in [-0.05, 0) is 24.6 Å². The zero-order valence-electron chi connectivity index (χ0n) is 11.2. The van der Waals surface area contributed by atoms with Gasteiger partial charge in [0.1, 0.15) is 0 Å². The molecule has 0 amide bonds. The van der Waals surface area contributed by atoms with Gasteiger partial charge in [-0.2, -0.15) is 13.5 Å². The molecule has 1 N–H and O–H groups in total. The topological polar surface area (TPSA) is 58.5 Å². The van der Waals surface area contributed by atoms with Gasteiger partial charge in [0, 0.05) is 12.1 Å². The summed E-state index contributed by atoms with van der Waals surface area (Å²) >= 11 is 0. The van der Waals surface area contributed by atoms with Crippen LogP contribution in [-0.2, 0) is 16.4 Å². The summed E-state index contributed by atoms with van der Waals surface area (Å²) in [7, 11) is -3.59. The lowest BCUT2D eigenvalue weighted by molar-refractivity contribution is 0.584. The van der Waals surface area contributed by atoms with Gasteiger partial charge >= 0.3 is 0 Å². The Kier molecular flexibility index (Phi) is 4.53. The number of rotatable bonds is 5. The maximum atomic E-state index is 12.0. The molecule has 0 heterocycles. The molecular formula is C15H16N2O2S. The summed E-state index contributed by atoms with van der Waals surface area (Å²) in [6, 6.07) is 18.0. The van der Waals surface area contributed by atoms with Crippen LogP contribution < -0.4 is 4.83 Å². The molecule has 0 spiro atoms. The maximum absolute atomic E-state index is 12.0. The Morgan fingerprint density at radius 1 is 1.00 bits per heavy atom. The fourth-order valence-corrected chi connectivity index (χ4v) is 2.62. The number of sulfonamides is 1. The van der Waals surface area contributed by atoms with Gasteiger partial charge in [-0.15, -0.1) is 0 Å². The summed E-state index contributed by atoms with van der Waals surface area (Å²) in [5, 5.41) is 3.95. The molecule has 0 aromatic heterocycles. The molecule has 4 nitrogen and oxygen atoms in total. The molecule has 20 heavy (non-hydrogen) atoms. The summed E-state index contributed by atoms with van der Waals surface area (Å²) in [6.07, 6.45) is 0.609. The second-order valence-corrected chi connectivity index (χ2v) is 6.08. The number of nitrogens with one attached hydrogen (secondary N) is 1. The molecule has 0 bridgehead atoms. The van der Waals surface area contributed by atoms with Crippen molar-refractivity contribution in [2.75, 3.05) is 0 Å². The molecule has 104 valence electrons. The lowest BCUT2D eigenvalue weighted by Crippen LogP contribution is -2.20. The van der Waals surface area contributed by atoms with E-state index in [-0.39, 0.29) is 4.90 Å². The molecule has 0 atom stereocenters. The first-order valence-electron chi connectivity index (χ1n) is 6.22. The van der Waals surface area contributed by atoms with E-state index in [1.807, 2.05) is 30.3 Å². The van der Waals surface area contributed by atoms with Crippen molar-refractivity contribution < 1.29 is 8.42 Å². The fraction of sp³-hybridized carbons (Fsp3) is 0.133. The first-order chi connectivity index (χ1) is 9.58. The number of hydrogen-bond donors (Lipinski definition) is 1. The Labute approximate surface area is 119 Å². The van der Waals surface area contributed by atoms with Crippen molar-refractivity contribution in [2.45, 2.75) is 18.2 Å². The second-order valence-electron chi connectivity index (χ2n) is 4.42. The summed E-state index contributed by atoms with van der Waals surface area (Å²) in [5.41, 5.74) is 1.79. The molecule has 0 saturated carbocycles. The van der Waals surface area contributed by atoms with Gasteiger partial charge in [0.25, 0.3) is 10.0 Å². The molecule has 0 unspecified atom stereocenters. The largest absolute Gasteiger partial charge is 0.276 e. The Morgan fingerprint density at radius 2 is 1.55 bits per heavy atom.